The fourth-order valence-corrected chi connectivity index (χ4v) is 6.73. The second kappa shape index (κ2) is 11.7. The zero-order valence-corrected chi connectivity index (χ0v) is 21.5. The van der Waals surface area contributed by atoms with Gasteiger partial charge in [0.05, 0.1) is 6.10 Å². The zero-order chi connectivity index (χ0) is 24.0. The van der Waals surface area contributed by atoms with Gasteiger partial charge in [-0.05, 0) is 99.9 Å². The summed E-state index contributed by atoms with van der Waals surface area (Å²) in [4.78, 5) is 2.61. The Morgan fingerprint density at radius 1 is 0.914 bits per heavy atom. The topological polar surface area (TPSA) is 23.5 Å². The van der Waals surface area contributed by atoms with Crippen molar-refractivity contribution in [3.8, 4) is 0 Å². The van der Waals surface area contributed by atoms with Gasteiger partial charge in [-0.15, -0.1) is 0 Å². The molecule has 2 aliphatic carbocycles. The SMILES string of the molecule is Cc1cccc(CC/C=C/[C@@H]2[C@H]3CC(CCc4cccc(CN5CCCCC5)c4)=C[C@H]3C[C@H]2O)c1. The summed E-state index contributed by atoms with van der Waals surface area (Å²) < 4.78 is 0. The van der Waals surface area contributed by atoms with Crippen molar-refractivity contribution in [2.24, 2.45) is 17.8 Å². The summed E-state index contributed by atoms with van der Waals surface area (Å²) in [6.07, 6.45) is 17.7. The maximum atomic E-state index is 10.7. The number of hydrogen-bond acceptors (Lipinski definition) is 2. The highest BCUT2D eigenvalue weighted by Crippen LogP contribution is 2.48. The van der Waals surface area contributed by atoms with Crippen molar-refractivity contribution in [3.05, 3.63) is 94.6 Å². The second-order valence-electron chi connectivity index (χ2n) is 11.3. The number of nitrogens with zero attached hydrogens (tertiary/aromatic N) is 1. The van der Waals surface area contributed by atoms with E-state index in [1.165, 1.54) is 67.4 Å². The summed E-state index contributed by atoms with van der Waals surface area (Å²) >= 11 is 0. The van der Waals surface area contributed by atoms with Crippen molar-refractivity contribution in [1.29, 1.82) is 0 Å². The summed E-state index contributed by atoms with van der Waals surface area (Å²) in [5.74, 6) is 1.48. The van der Waals surface area contributed by atoms with E-state index in [1.54, 1.807) is 5.57 Å². The summed E-state index contributed by atoms with van der Waals surface area (Å²) in [7, 11) is 0. The van der Waals surface area contributed by atoms with Crippen molar-refractivity contribution in [2.45, 2.75) is 77.4 Å². The molecular weight excluding hydrogens is 426 g/mol. The van der Waals surface area contributed by atoms with Crippen LogP contribution in [0.1, 0.15) is 67.2 Å². The highest BCUT2D eigenvalue weighted by atomic mass is 16.3. The normalized spacial score (nSPS) is 26.9. The number of allylic oxidation sites excluding steroid dienone is 3. The van der Waals surface area contributed by atoms with Gasteiger partial charge in [0.25, 0.3) is 0 Å². The fraction of sp³-hybridized carbons (Fsp3) is 0.515. The van der Waals surface area contributed by atoms with Crippen LogP contribution >= 0.6 is 0 Å². The number of benzene rings is 2. The Hall–Kier alpha value is -2.16. The van der Waals surface area contributed by atoms with Crippen molar-refractivity contribution >= 4 is 0 Å². The largest absolute Gasteiger partial charge is 0.392 e. The maximum Gasteiger partial charge on any atom is 0.0611 e. The number of likely N-dealkylation sites (tertiary alicyclic amines) is 1. The molecule has 2 fully saturated rings. The van der Waals surface area contributed by atoms with Crippen LogP contribution < -0.4 is 0 Å². The summed E-state index contributed by atoms with van der Waals surface area (Å²) in [6.45, 7) is 5.78. The molecule has 2 aromatic rings. The van der Waals surface area contributed by atoms with E-state index in [4.69, 9.17) is 0 Å². The van der Waals surface area contributed by atoms with Crippen LogP contribution in [0.25, 0.3) is 0 Å². The molecule has 35 heavy (non-hydrogen) atoms. The molecule has 0 unspecified atom stereocenters. The van der Waals surface area contributed by atoms with Crippen LogP contribution in [-0.2, 0) is 19.4 Å². The summed E-state index contributed by atoms with van der Waals surface area (Å²) in [5.41, 5.74) is 7.31. The number of rotatable bonds is 9. The molecule has 5 rings (SSSR count). The van der Waals surface area contributed by atoms with Crippen LogP contribution in [0.3, 0.4) is 0 Å². The molecule has 0 bridgehead atoms. The van der Waals surface area contributed by atoms with Gasteiger partial charge in [-0.1, -0.05) is 84.3 Å². The van der Waals surface area contributed by atoms with Gasteiger partial charge in [0.1, 0.15) is 0 Å². The van der Waals surface area contributed by atoms with E-state index in [2.05, 4.69) is 78.6 Å². The van der Waals surface area contributed by atoms with Gasteiger partial charge in [0, 0.05) is 12.5 Å². The van der Waals surface area contributed by atoms with E-state index in [1.807, 2.05) is 0 Å². The highest BCUT2D eigenvalue weighted by Gasteiger charge is 2.43. The average Bonchev–Trinajstić information content (AvgIpc) is 3.38. The lowest BCUT2D eigenvalue weighted by Gasteiger charge is -2.26. The van der Waals surface area contributed by atoms with Crippen molar-refractivity contribution in [1.82, 2.24) is 4.90 Å². The fourth-order valence-electron chi connectivity index (χ4n) is 6.73. The van der Waals surface area contributed by atoms with E-state index in [0.29, 0.717) is 17.8 Å². The first kappa shape index (κ1) is 24.5. The predicted molar refractivity (Wildman–Crippen MR) is 146 cm³/mol. The second-order valence-corrected chi connectivity index (χ2v) is 11.3. The van der Waals surface area contributed by atoms with E-state index in [9.17, 15) is 5.11 Å². The Kier molecular flexibility index (Phi) is 8.21. The van der Waals surface area contributed by atoms with Crippen LogP contribution in [0.4, 0.5) is 0 Å². The van der Waals surface area contributed by atoms with Crippen LogP contribution in [-0.4, -0.2) is 29.2 Å². The molecule has 3 aliphatic rings. The molecule has 2 nitrogen and oxygen atoms in total. The number of piperidine rings is 1. The van der Waals surface area contributed by atoms with E-state index in [0.717, 1.165) is 32.2 Å². The minimum absolute atomic E-state index is 0.176. The summed E-state index contributed by atoms with van der Waals surface area (Å²) in [5, 5.41) is 10.7. The van der Waals surface area contributed by atoms with Gasteiger partial charge in [-0.3, -0.25) is 4.90 Å². The molecule has 0 spiro atoms. The standard InChI is InChI=1S/C33H43NO/c1-25-9-7-11-26(19-25)10-3-4-14-31-32-22-28(21-30(32)23-33(31)35)16-15-27-12-8-13-29(20-27)24-34-17-5-2-6-18-34/h4,7-9,11-14,19-21,30-33,35H,2-3,5-6,10,15-18,22-24H2,1H3/b14-4+/t30-,31+,32-,33+/m0/s1. The molecule has 1 aliphatic heterocycles. The molecule has 1 N–H and O–H groups in total. The first-order valence-electron chi connectivity index (χ1n) is 14.0. The third kappa shape index (κ3) is 6.54. The molecule has 4 atom stereocenters. The lowest BCUT2D eigenvalue weighted by Crippen LogP contribution is -2.29. The van der Waals surface area contributed by atoms with Gasteiger partial charge < -0.3 is 5.11 Å². The van der Waals surface area contributed by atoms with E-state index >= 15 is 0 Å². The Morgan fingerprint density at radius 2 is 1.69 bits per heavy atom. The number of aliphatic hydroxyl groups is 1. The van der Waals surface area contributed by atoms with Gasteiger partial charge in [-0.2, -0.15) is 0 Å². The van der Waals surface area contributed by atoms with Crippen LogP contribution in [0.5, 0.6) is 0 Å². The first-order chi connectivity index (χ1) is 17.1. The Bertz CT molecular complexity index is 1030. The number of fused-ring (bicyclic) bond motifs is 1. The molecule has 2 aromatic carbocycles. The average molecular weight is 470 g/mol. The lowest BCUT2D eigenvalue weighted by molar-refractivity contribution is 0.141. The van der Waals surface area contributed by atoms with Crippen LogP contribution in [0, 0.1) is 24.7 Å². The van der Waals surface area contributed by atoms with Gasteiger partial charge in [0.2, 0.25) is 0 Å². The number of hydrogen-bond donors (Lipinski definition) is 1. The molecule has 0 amide bonds. The predicted octanol–water partition coefficient (Wildman–Crippen LogP) is 7.05. The third-order valence-corrected chi connectivity index (χ3v) is 8.57. The third-order valence-electron chi connectivity index (χ3n) is 8.57. The quantitative estimate of drug-likeness (QED) is 0.398. The van der Waals surface area contributed by atoms with Gasteiger partial charge in [-0.25, -0.2) is 0 Å². The molecule has 0 radical (unpaired) electrons. The minimum atomic E-state index is -0.176. The Balaban J connectivity index is 1.10. The highest BCUT2D eigenvalue weighted by molar-refractivity contribution is 5.27. The smallest absolute Gasteiger partial charge is 0.0611 e. The molecule has 0 aromatic heterocycles. The number of aryl methyl sites for hydroxylation is 3. The molecule has 1 heterocycles. The van der Waals surface area contributed by atoms with Gasteiger partial charge in [0.15, 0.2) is 0 Å². The maximum absolute atomic E-state index is 10.7. The zero-order valence-electron chi connectivity index (χ0n) is 21.5. The lowest BCUT2D eigenvalue weighted by atomic mass is 9.88. The summed E-state index contributed by atoms with van der Waals surface area (Å²) in [6, 6.07) is 18.1. The molecule has 1 saturated carbocycles. The molecule has 2 heteroatoms. The van der Waals surface area contributed by atoms with E-state index < -0.39 is 0 Å². The van der Waals surface area contributed by atoms with Crippen molar-refractivity contribution in [3.63, 3.8) is 0 Å². The van der Waals surface area contributed by atoms with Crippen molar-refractivity contribution < 1.29 is 5.11 Å². The minimum Gasteiger partial charge on any atom is -0.392 e. The van der Waals surface area contributed by atoms with Crippen molar-refractivity contribution in [2.75, 3.05) is 13.1 Å². The molecular formula is C33H43NO. The van der Waals surface area contributed by atoms with Gasteiger partial charge >= 0.3 is 0 Å². The Labute approximate surface area is 212 Å². The monoisotopic (exact) mass is 469 g/mol. The van der Waals surface area contributed by atoms with Crippen LogP contribution in [0.2, 0.25) is 0 Å². The number of aliphatic hydroxyl groups excluding tert-OH is 1. The molecule has 1 saturated heterocycles. The first-order valence-corrected chi connectivity index (χ1v) is 14.0. The molecule has 186 valence electrons. The Morgan fingerprint density at radius 3 is 2.51 bits per heavy atom. The van der Waals surface area contributed by atoms with Crippen LogP contribution in [0.15, 0.2) is 72.3 Å². The van der Waals surface area contributed by atoms with E-state index in [-0.39, 0.29) is 6.10 Å².